The predicted octanol–water partition coefficient (Wildman–Crippen LogP) is 0.412. The van der Waals surface area contributed by atoms with Gasteiger partial charge in [-0.2, -0.15) is 0 Å². The zero-order valence-electron chi connectivity index (χ0n) is 12.7. The quantitative estimate of drug-likeness (QED) is 0.366. The maximum absolute atomic E-state index is 10.4. The van der Waals surface area contributed by atoms with Gasteiger partial charge in [0, 0.05) is 16.9 Å². The molecule has 7 nitrogen and oxygen atoms in total. The topological polar surface area (TPSA) is 95.9 Å². The highest BCUT2D eigenvalue weighted by Crippen LogP contribution is 2.25. The Labute approximate surface area is 137 Å². The van der Waals surface area contributed by atoms with Gasteiger partial charge in [0.1, 0.15) is 30.4 Å². The zero-order valence-corrected chi connectivity index (χ0v) is 12.7. The van der Waals surface area contributed by atoms with Gasteiger partial charge < -0.3 is 19.7 Å². The summed E-state index contributed by atoms with van der Waals surface area (Å²) in [6, 6.07) is 12.5. The first kappa shape index (κ1) is 15.1. The molecular weight excluding hydrogens is 312 g/mol. The van der Waals surface area contributed by atoms with E-state index in [1.807, 2.05) is 12.1 Å². The van der Waals surface area contributed by atoms with Crippen LogP contribution >= 0.6 is 0 Å². The van der Waals surface area contributed by atoms with Crippen molar-refractivity contribution in [2.24, 2.45) is 0 Å². The molecule has 0 radical (unpaired) electrons. The van der Waals surface area contributed by atoms with Crippen molar-refractivity contribution in [1.82, 2.24) is 4.98 Å². The van der Waals surface area contributed by atoms with E-state index in [4.69, 9.17) is 9.47 Å². The van der Waals surface area contributed by atoms with Crippen LogP contribution in [0.1, 0.15) is 0 Å². The largest absolute Gasteiger partial charge is 0.488 e. The SMILES string of the molecule is OC1COC(COc2cccc3c2nc2ccccc2[n+]3O)C1O. The molecular formula is C17H17N2O5+. The van der Waals surface area contributed by atoms with E-state index in [0.29, 0.717) is 27.8 Å². The maximum atomic E-state index is 10.4. The lowest BCUT2D eigenvalue weighted by atomic mass is 10.1. The second-order valence-electron chi connectivity index (χ2n) is 5.78. The Morgan fingerprint density at radius 3 is 2.71 bits per heavy atom. The van der Waals surface area contributed by atoms with Crippen LogP contribution in [0.25, 0.3) is 22.1 Å². The van der Waals surface area contributed by atoms with E-state index in [0.717, 1.165) is 4.73 Å². The summed E-state index contributed by atoms with van der Waals surface area (Å²) in [6.45, 7) is 0.168. The van der Waals surface area contributed by atoms with Crippen LogP contribution in [-0.2, 0) is 4.74 Å². The summed E-state index contributed by atoms with van der Waals surface area (Å²) in [6.07, 6.45) is -2.47. The van der Waals surface area contributed by atoms with Gasteiger partial charge in [0.15, 0.2) is 11.3 Å². The molecule has 3 atom stereocenters. The van der Waals surface area contributed by atoms with E-state index in [2.05, 4.69) is 4.98 Å². The van der Waals surface area contributed by atoms with E-state index in [9.17, 15) is 15.4 Å². The highest BCUT2D eigenvalue weighted by atomic mass is 16.6. The van der Waals surface area contributed by atoms with E-state index >= 15 is 0 Å². The fourth-order valence-electron chi connectivity index (χ4n) is 2.88. The van der Waals surface area contributed by atoms with Gasteiger partial charge in [-0.3, -0.25) is 5.21 Å². The van der Waals surface area contributed by atoms with Gasteiger partial charge in [0.05, 0.1) is 6.61 Å². The predicted molar refractivity (Wildman–Crippen MR) is 83.9 cm³/mol. The lowest BCUT2D eigenvalue weighted by Gasteiger charge is -2.15. The summed E-state index contributed by atoms with van der Waals surface area (Å²) in [5.41, 5.74) is 2.25. The van der Waals surface area contributed by atoms with Gasteiger partial charge in [-0.05, 0) is 12.1 Å². The summed E-state index contributed by atoms with van der Waals surface area (Å²) >= 11 is 0. The molecule has 1 aliphatic rings. The van der Waals surface area contributed by atoms with Gasteiger partial charge in [-0.25, -0.2) is 4.98 Å². The van der Waals surface area contributed by atoms with Crippen LogP contribution in [0.4, 0.5) is 0 Å². The molecule has 0 aliphatic carbocycles. The van der Waals surface area contributed by atoms with Gasteiger partial charge in [-0.1, -0.05) is 18.2 Å². The molecule has 3 N–H and O–H groups in total. The van der Waals surface area contributed by atoms with Crippen molar-refractivity contribution in [3.05, 3.63) is 42.5 Å². The molecule has 2 heterocycles. The van der Waals surface area contributed by atoms with E-state index in [1.165, 1.54) is 0 Å². The molecule has 3 unspecified atom stereocenters. The van der Waals surface area contributed by atoms with E-state index in [-0.39, 0.29) is 13.2 Å². The van der Waals surface area contributed by atoms with Crippen LogP contribution in [0.15, 0.2) is 42.5 Å². The normalized spacial score (nSPS) is 23.8. The Bertz CT molecular complexity index is 901. The van der Waals surface area contributed by atoms with Crippen LogP contribution in [0.5, 0.6) is 5.75 Å². The van der Waals surface area contributed by atoms with Gasteiger partial charge in [0.2, 0.25) is 0 Å². The summed E-state index contributed by atoms with van der Waals surface area (Å²) < 4.78 is 12.1. The Balaban J connectivity index is 1.71. The lowest BCUT2D eigenvalue weighted by Crippen LogP contribution is -2.34. The number of hydrogen-bond acceptors (Lipinski definition) is 6. The summed E-state index contributed by atoms with van der Waals surface area (Å²) in [7, 11) is 0. The fraction of sp³-hybridized carbons (Fsp3) is 0.294. The van der Waals surface area contributed by atoms with Crippen molar-refractivity contribution >= 4 is 22.1 Å². The minimum Gasteiger partial charge on any atom is -0.488 e. The van der Waals surface area contributed by atoms with Crippen molar-refractivity contribution in [2.45, 2.75) is 18.3 Å². The summed E-state index contributed by atoms with van der Waals surface area (Å²) in [5, 5.41) is 29.7. The minimum absolute atomic E-state index is 0.0806. The van der Waals surface area contributed by atoms with Crippen LogP contribution in [0, 0.1) is 0 Å². The number of aromatic nitrogens is 2. The van der Waals surface area contributed by atoms with Crippen LogP contribution in [0.2, 0.25) is 0 Å². The molecule has 7 heteroatoms. The number of rotatable bonds is 3. The average Bonchev–Trinajstić information content (AvgIpc) is 2.92. The van der Waals surface area contributed by atoms with Crippen molar-refractivity contribution in [1.29, 1.82) is 0 Å². The molecule has 0 amide bonds. The molecule has 1 fully saturated rings. The van der Waals surface area contributed by atoms with Crippen LogP contribution in [0.3, 0.4) is 0 Å². The van der Waals surface area contributed by atoms with Gasteiger partial charge >= 0.3 is 0 Å². The van der Waals surface area contributed by atoms with Crippen molar-refractivity contribution in [3.63, 3.8) is 0 Å². The monoisotopic (exact) mass is 329 g/mol. The molecule has 0 spiro atoms. The third-order valence-electron chi connectivity index (χ3n) is 4.21. The number of para-hydroxylation sites is 3. The number of hydrogen-bond donors (Lipinski definition) is 3. The zero-order chi connectivity index (χ0) is 16.7. The Morgan fingerprint density at radius 2 is 1.92 bits per heavy atom. The van der Waals surface area contributed by atoms with Gasteiger partial charge in [0.25, 0.3) is 11.0 Å². The number of nitrogens with zero attached hydrogens (tertiary/aromatic N) is 2. The highest BCUT2D eigenvalue weighted by Gasteiger charge is 2.35. The minimum atomic E-state index is -0.975. The summed E-state index contributed by atoms with van der Waals surface area (Å²) in [5.74, 6) is 0.471. The average molecular weight is 329 g/mol. The molecule has 1 aliphatic heterocycles. The van der Waals surface area contributed by atoms with Crippen molar-refractivity contribution in [2.75, 3.05) is 13.2 Å². The first-order chi connectivity index (χ1) is 11.6. The maximum Gasteiger partial charge on any atom is 0.287 e. The molecule has 1 saturated heterocycles. The van der Waals surface area contributed by atoms with E-state index in [1.54, 1.807) is 30.3 Å². The summed E-state index contributed by atoms with van der Waals surface area (Å²) in [4.78, 5) is 4.56. The number of benzene rings is 2. The fourth-order valence-corrected chi connectivity index (χ4v) is 2.88. The number of aliphatic hydroxyl groups excluding tert-OH is 2. The Kier molecular flexibility index (Phi) is 3.68. The molecule has 0 bridgehead atoms. The molecule has 3 aromatic rings. The highest BCUT2D eigenvalue weighted by molar-refractivity contribution is 5.85. The third kappa shape index (κ3) is 2.43. The number of fused-ring (bicyclic) bond motifs is 2. The van der Waals surface area contributed by atoms with Crippen molar-refractivity contribution < 1.29 is 29.6 Å². The molecule has 2 aromatic carbocycles. The second kappa shape index (κ2) is 5.86. The molecule has 124 valence electrons. The third-order valence-corrected chi connectivity index (χ3v) is 4.21. The first-order valence-electron chi connectivity index (χ1n) is 7.68. The Morgan fingerprint density at radius 1 is 1.12 bits per heavy atom. The van der Waals surface area contributed by atoms with Gasteiger partial charge in [-0.15, -0.1) is 0 Å². The number of aliphatic hydroxyl groups is 2. The number of ether oxygens (including phenoxy) is 2. The standard InChI is InChI=1S/C17H17N2O5/c20-13-8-23-15(17(13)21)9-24-14-7-3-6-12-16(14)18-10-4-1-2-5-11(10)19(12)22/h1-7,13,15,17,20-21H,8-9H2,(H,18,22)/q+1. The van der Waals surface area contributed by atoms with Crippen LogP contribution < -0.4 is 9.47 Å². The van der Waals surface area contributed by atoms with Crippen LogP contribution in [-0.4, -0.2) is 51.9 Å². The first-order valence-corrected chi connectivity index (χ1v) is 7.68. The second-order valence-corrected chi connectivity index (χ2v) is 5.78. The smallest absolute Gasteiger partial charge is 0.287 e. The lowest BCUT2D eigenvalue weighted by molar-refractivity contribution is -0.864. The molecule has 0 saturated carbocycles. The molecule has 4 rings (SSSR count). The van der Waals surface area contributed by atoms with E-state index < -0.39 is 18.3 Å². The molecule has 24 heavy (non-hydrogen) atoms. The van der Waals surface area contributed by atoms with Crippen molar-refractivity contribution in [3.8, 4) is 5.75 Å². The molecule has 1 aromatic heterocycles. The Hall–Kier alpha value is -2.48.